The van der Waals surface area contributed by atoms with Crippen molar-refractivity contribution in [2.24, 2.45) is 0 Å². The van der Waals surface area contributed by atoms with Crippen LogP contribution in [0.25, 0.3) is 0 Å². The van der Waals surface area contributed by atoms with Crippen LogP contribution >= 0.6 is 0 Å². The van der Waals surface area contributed by atoms with Gasteiger partial charge in [0.2, 0.25) is 0 Å². The standard InChI is InChI=1S/C24H34N2O2/c1-3-9-20-12-13-23(24(18-20)27-2)28-17-7-6-16-26-15-5-4-11-22(26)21-10-8-14-25-19-21/h8,10,12-14,18-19,22H,3-7,9,11,15-17H2,1-2H3/t22-/m1/s1. The Morgan fingerprint density at radius 2 is 2.07 bits per heavy atom. The van der Waals surface area contributed by atoms with Crippen LogP contribution in [0.4, 0.5) is 0 Å². The molecule has 0 radical (unpaired) electrons. The number of rotatable bonds is 10. The second-order valence-corrected chi connectivity index (χ2v) is 7.62. The molecule has 1 saturated heterocycles. The van der Waals surface area contributed by atoms with Gasteiger partial charge in [0.05, 0.1) is 13.7 Å². The van der Waals surface area contributed by atoms with Crippen LogP contribution in [-0.4, -0.2) is 36.7 Å². The molecule has 28 heavy (non-hydrogen) atoms. The minimum atomic E-state index is 0.523. The molecular weight excluding hydrogens is 348 g/mol. The van der Waals surface area contributed by atoms with Crippen molar-refractivity contribution in [3.8, 4) is 11.5 Å². The summed E-state index contributed by atoms with van der Waals surface area (Å²) in [5.41, 5.74) is 2.66. The molecule has 0 N–H and O–H groups in total. The predicted molar refractivity (Wildman–Crippen MR) is 114 cm³/mol. The summed E-state index contributed by atoms with van der Waals surface area (Å²) in [6.07, 6.45) is 12.1. The largest absolute Gasteiger partial charge is 0.493 e. The molecule has 2 heterocycles. The first-order valence-electron chi connectivity index (χ1n) is 10.8. The first kappa shape index (κ1) is 20.7. The van der Waals surface area contributed by atoms with Gasteiger partial charge in [-0.1, -0.05) is 31.9 Å². The zero-order valence-corrected chi connectivity index (χ0v) is 17.4. The van der Waals surface area contributed by atoms with Gasteiger partial charge in [-0.25, -0.2) is 0 Å². The molecule has 152 valence electrons. The number of piperidine rings is 1. The van der Waals surface area contributed by atoms with Crippen LogP contribution in [0.15, 0.2) is 42.7 Å². The number of unbranched alkanes of at least 4 members (excludes halogenated alkanes) is 1. The highest BCUT2D eigenvalue weighted by Crippen LogP contribution is 2.31. The molecule has 3 rings (SSSR count). The molecule has 0 unspecified atom stereocenters. The van der Waals surface area contributed by atoms with Crippen molar-refractivity contribution in [1.82, 2.24) is 9.88 Å². The number of hydrogen-bond donors (Lipinski definition) is 0. The van der Waals surface area contributed by atoms with Crippen molar-refractivity contribution in [3.63, 3.8) is 0 Å². The van der Waals surface area contributed by atoms with Gasteiger partial charge in [0.1, 0.15) is 0 Å². The zero-order chi connectivity index (χ0) is 19.6. The lowest BCUT2D eigenvalue weighted by atomic mass is 9.96. The van der Waals surface area contributed by atoms with Crippen LogP contribution in [0, 0.1) is 0 Å². The molecule has 1 aromatic carbocycles. The van der Waals surface area contributed by atoms with E-state index in [1.807, 2.05) is 18.5 Å². The van der Waals surface area contributed by atoms with Gasteiger partial charge in [-0.3, -0.25) is 9.88 Å². The summed E-state index contributed by atoms with van der Waals surface area (Å²) < 4.78 is 11.5. The average molecular weight is 383 g/mol. The lowest BCUT2D eigenvalue weighted by Crippen LogP contribution is -2.34. The van der Waals surface area contributed by atoms with Crippen LogP contribution in [0.5, 0.6) is 11.5 Å². The topological polar surface area (TPSA) is 34.6 Å². The van der Waals surface area contributed by atoms with Crippen molar-refractivity contribution in [1.29, 1.82) is 0 Å². The van der Waals surface area contributed by atoms with Crippen LogP contribution in [-0.2, 0) is 6.42 Å². The fourth-order valence-corrected chi connectivity index (χ4v) is 4.08. The normalized spacial score (nSPS) is 17.4. The van der Waals surface area contributed by atoms with E-state index in [2.05, 4.69) is 41.1 Å². The van der Waals surface area contributed by atoms with E-state index in [1.165, 1.54) is 36.9 Å². The van der Waals surface area contributed by atoms with Gasteiger partial charge in [0.25, 0.3) is 0 Å². The molecule has 1 aliphatic rings. The Labute approximate surface area is 169 Å². The van der Waals surface area contributed by atoms with Gasteiger partial charge in [-0.05, 0) is 74.5 Å². The van der Waals surface area contributed by atoms with Crippen molar-refractivity contribution in [2.45, 2.75) is 57.9 Å². The van der Waals surface area contributed by atoms with Gasteiger partial charge in [0.15, 0.2) is 11.5 Å². The lowest BCUT2D eigenvalue weighted by molar-refractivity contribution is 0.142. The van der Waals surface area contributed by atoms with E-state index in [0.717, 1.165) is 50.3 Å². The minimum absolute atomic E-state index is 0.523. The summed E-state index contributed by atoms with van der Waals surface area (Å²) in [7, 11) is 1.72. The van der Waals surface area contributed by atoms with E-state index in [-0.39, 0.29) is 0 Å². The molecule has 1 atom stereocenters. The maximum atomic E-state index is 6.01. The highest BCUT2D eigenvalue weighted by molar-refractivity contribution is 5.43. The van der Waals surface area contributed by atoms with E-state index in [4.69, 9.17) is 9.47 Å². The molecule has 0 amide bonds. The van der Waals surface area contributed by atoms with Crippen molar-refractivity contribution in [3.05, 3.63) is 53.9 Å². The summed E-state index contributed by atoms with van der Waals surface area (Å²) in [5.74, 6) is 1.70. The number of nitrogens with zero attached hydrogens (tertiary/aromatic N) is 2. The second-order valence-electron chi connectivity index (χ2n) is 7.62. The third-order valence-electron chi connectivity index (χ3n) is 5.55. The van der Waals surface area contributed by atoms with E-state index < -0.39 is 0 Å². The third-order valence-corrected chi connectivity index (χ3v) is 5.55. The molecule has 1 aliphatic heterocycles. The Hall–Kier alpha value is -2.07. The first-order chi connectivity index (χ1) is 13.8. The summed E-state index contributed by atoms with van der Waals surface area (Å²) in [5, 5.41) is 0. The molecule has 4 nitrogen and oxygen atoms in total. The molecule has 0 saturated carbocycles. The fraction of sp³-hybridized carbons (Fsp3) is 0.542. The Morgan fingerprint density at radius 3 is 2.86 bits per heavy atom. The number of benzene rings is 1. The van der Waals surface area contributed by atoms with Crippen molar-refractivity contribution >= 4 is 0 Å². The van der Waals surface area contributed by atoms with Crippen LogP contribution in [0.3, 0.4) is 0 Å². The molecule has 2 aromatic rings. The van der Waals surface area contributed by atoms with Crippen molar-refractivity contribution in [2.75, 3.05) is 26.8 Å². The number of ether oxygens (including phenoxy) is 2. The zero-order valence-electron chi connectivity index (χ0n) is 17.4. The first-order valence-corrected chi connectivity index (χ1v) is 10.8. The predicted octanol–water partition coefficient (Wildman–Crippen LogP) is 5.43. The number of aryl methyl sites for hydroxylation is 1. The fourth-order valence-electron chi connectivity index (χ4n) is 4.08. The maximum Gasteiger partial charge on any atom is 0.161 e. The Bertz CT molecular complexity index is 705. The minimum Gasteiger partial charge on any atom is -0.493 e. The quantitative estimate of drug-likeness (QED) is 0.513. The maximum absolute atomic E-state index is 6.01. The van der Waals surface area contributed by atoms with E-state index in [0.29, 0.717) is 6.04 Å². The molecule has 0 aliphatic carbocycles. The number of hydrogen-bond acceptors (Lipinski definition) is 4. The molecule has 0 bridgehead atoms. The van der Waals surface area contributed by atoms with Gasteiger partial charge in [-0.15, -0.1) is 0 Å². The Morgan fingerprint density at radius 1 is 1.14 bits per heavy atom. The highest BCUT2D eigenvalue weighted by Gasteiger charge is 2.23. The molecule has 1 fully saturated rings. The second kappa shape index (κ2) is 11.1. The Kier molecular flexibility index (Phi) is 8.16. The van der Waals surface area contributed by atoms with Gasteiger partial charge in [-0.2, -0.15) is 0 Å². The summed E-state index contributed by atoms with van der Waals surface area (Å²) in [6.45, 7) is 5.23. The van der Waals surface area contributed by atoms with Crippen LogP contribution in [0.2, 0.25) is 0 Å². The third kappa shape index (κ3) is 5.71. The Balaban J connectivity index is 1.45. The highest BCUT2D eigenvalue weighted by atomic mass is 16.5. The smallest absolute Gasteiger partial charge is 0.161 e. The SMILES string of the molecule is CCCc1ccc(OCCCCN2CCCC[C@@H]2c2cccnc2)c(OC)c1. The van der Waals surface area contributed by atoms with Gasteiger partial charge >= 0.3 is 0 Å². The van der Waals surface area contributed by atoms with E-state index >= 15 is 0 Å². The van der Waals surface area contributed by atoms with Gasteiger partial charge in [0, 0.05) is 18.4 Å². The average Bonchev–Trinajstić information content (AvgIpc) is 2.75. The number of likely N-dealkylation sites (tertiary alicyclic amines) is 1. The van der Waals surface area contributed by atoms with E-state index in [1.54, 1.807) is 7.11 Å². The number of pyridine rings is 1. The lowest BCUT2D eigenvalue weighted by Gasteiger charge is -2.35. The van der Waals surface area contributed by atoms with Crippen LogP contribution < -0.4 is 9.47 Å². The van der Waals surface area contributed by atoms with Crippen molar-refractivity contribution < 1.29 is 9.47 Å². The monoisotopic (exact) mass is 382 g/mol. The summed E-state index contributed by atoms with van der Waals surface area (Å²) >= 11 is 0. The molecule has 0 spiro atoms. The number of aromatic nitrogens is 1. The molecule has 1 aromatic heterocycles. The summed E-state index contributed by atoms with van der Waals surface area (Å²) in [6, 6.07) is 11.1. The van der Waals surface area contributed by atoms with Gasteiger partial charge < -0.3 is 9.47 Å². The summed E-state index contributed by atoms with van der Waals surface area (Å²) in [4.78, 5) is 6.94. The molecule has 4 heteroatoms. The number of methoxy groups -OCH3 is 1. The van der Waals surface area contributed by atoms with Crippen LogP contribution in [0.1, 0.15) is 62.6 Å². The van der Waals surface area contributed by atoms with E-state index in [9.17, 15) is 0 Å². The molecular formula is C24H34N2O2.